The first-order valence-electron chi connectivity index (χ1n) is 7.55. The summed E-state index contributed by atoms with van der Waals surface area (Å²) in [6, 6.07) is 10.9. The molecule has 0 bridgehead atoms. The lowest BCUT2D eigenvalue weighted by molar-refractivity contribution is 0.226. The lowest BCUT2D eigenvalue weighted by Gasteiger charge is -2.27. The molecule has 0 aliphatic carbocycles. The molecule has 0 unspecified atom stereocenters. The highest BCUT2D eigenvalue weighted by Crippen LogP contribution is 2.34. The number of benzene rings is 2. The Balaban J connectivity index is 1.64. The highest BCUT2D eigenvalue weighted by atomic mass is 19.1. The van der Waals surface area contributed by atoms with Gasteiger partial charge < -0.3 is 19.5 Å². The van der Waals surface area contributed by atoms with Crippen LogP contribution in [-0.4, -0.2) is 26.9 Å². The number of hydrogen-bond acceptors (Lipinski definition) is 4. The van der Waals surface area contributed by atoms with Gasteiger partial charge in [0.15, 0.2) is 11.5 Å². The molecule has 2 aromatic carbocycles. The Morgan fingerprint density at radius 2 is 2.09 bits per heavy atom. The number of rotatable bonds is 5. The third-order valence-electron chi connectivity index (χ3n) is 4.02. The van der Waals surface area contributed by atoms with E-state index in [0.29, 0.717) is 24.5 Å². The van der Waals surface area contributed by atoms with E-state index < -0.39 is 0 Å². The van der Waals surface area contributed by atoms with E-state index in [2.05, 4.69) is 5.32 Å². The van der Waals surface area contributed by atoms with Gasteiger partial charge in [-0.2, -0.15) is 0 Å². The van der Waals surface area contributed by atoms with Crippen molar-refractivity contribution in [1.29, 1.82) is 0 Å². The number of methoxy groups -OCH3 is 2. The molecule has 0 saturated heterocycles. The normalized spacial score (nSPS) is 16.4. The quantitative estimate of drug-likeness (QED) is 0.920. The van der Waals surface area contributed by atoms with Gasteiger partial charge in [0, 0.05) is 24.2 Å². The zero-order valence-corrected chi connectivity index (χ0v) is 13.3. The van der Waals surface area contributed by atoms with Crippen LogP contribution in [0.2, 0.25) is 0 Å². The molecule has 2 aromatic rings. The average Bonchev–Trinajstić information content (AvgIpc) is 2.59. The number of hydrogen-bond donors (Lipinski definition) is 1. The number of halogens is 1. The summed E-state index contributed by atoms with van der Waals surface area (Å²) in [5, 5.41) is 3.35. The van der Waals surface area contributed by atoms with E-state index in [-0.39, 0.29) is 11.9 Å². The summed E-state index contributed by atoms with van der Waals surface area (Å²) in [7, 11) is 3.16. The summed E-state index contributed by atoms with van der Waals surface area (Å²) in [6.45, 7) is 0.980. The molecule has 0 saturated carbocycles. The van der Waals surface area contributed by atoms with Gasteiger partial charge in [0.2, 0.25) is 0 Å². The topological polar surface area (TPSA) is 39.7 Å². The van der Waals surface area contributed by atoms with Crippen LogP contribution in [-0.2, 0) is 13.0 Å². The van der Waals surface area contributed by atoms with Crippen LogP contribution in [0.4, 0.5) is 4.39 Å². The first-order valence-corrected chi connectivity index (χ1v) is 7.55. The fourth-order valence-corrected chi connectivity index (χ4v) is 2.74. The molecule has 1 atom stereocenters. The first-order chi connectivity index (χ1) is 11.2. The smallest absolute Gasteiger partial charge is 0.164 e. The van der Waals surface area contributed by atoms with Crippen molar-refractivity contribution in [2.24, 2.45) is 0 Å². The molecule has 0 amide bonds. The van der Waals surface area contributed by atoms with E-state index in [1.54, 1.807) is 19.2 Å². The van der Waals surface area contributed by atoms with E-state index in [1.807, 2.05) is 18.2 Å². The molecule has 122 valence electrons. The third kappa shape index (κ3) is 3.40. The molecular weight excluding hydrogens is 297 g/mol. The van der Waals surface area contributed by atoms with Crippen LogP contribution in [0, 0.1) is 5.82 Å². The monoisotopic (exact) mass is 317 g/mol. The lowest BCUT2D eigenvalue weighted by Crippen LogP contribution is -2.39. The van der Waals surface area contributed by atoms with Crippen molar-refractivity contribution in [3.8, 4) is 17.2 Å². The van der Waals surface area contributed by atoms with Gasteiger partial charge in [0.25, 0.3) is 0 Å². The first kappa shape index (κ1) is 15.6. The maximum absolute atomic E-state index is 14.0. The second-order valence-electron chi connectivity index (χ2n) is 5.50. The Morgan fingerprint density at radius 3 is 2.83 bits per heavy atom. The molecule has 23 heavy (non-hydrogen) atoms. The molecule has 0 aromatic heterocycles. The number of fused-ring (bicyclic) bond motifs is 1. The Morgan fingerprint density at radius 1 is 1.22 bits per heavy atom. The molecule has 0 radical (unpaired) electrons. The van der Waals surface area contributed by atoms with Gasteiger partial charge in [0.1, 0.15) is 18.2 Å². The minimum absolute atomic E-state index is 0.135. The van der Waals surface area contributed by atoms with Crippen LogP contribution in [0.1, 0.15) is 11.1 Å². The summed E-state index contributed by atoms with van der Waals surface area (Å²) in [5.74, 6) is 1.81. The van der Waals surface area contributed by atoms with E-state index >= 15 is 0 Å². The van der Waals surface area contributed by atoms with Gasteiger partial charge in [0.05, 0.1) is 14.2 Å². The Hall–Kier alpha value is -2.27. The number of nitrogens with one attached hydrogen (secondary N) is 1. The van der Waals surface area contributed by atoms with Gasteiger partial charge in [-0.3, -0.25) is 0 Å². The van der Waals surface area contributed by atoms with Crippen LogP contribution in [0.25, 0.3) is 0 Å². The minimum atomic E-state index is -0.268. The summed E-state index contributed by atoms with van der Waals surface area (Å²) in [4.78, 5) is 0. The van der Waals surface area contributed by atoms with Crippen molar-refractivity contribution in [1.82, 2.24) is 5.32 Å². The molecule has 1 aliphatic heterocycles. The minimum Gasteiger partial charge on any atom is -0.497 e. The highest BCUT2D eigenvalue weighted by molar-refractivity contribution is 5.48. The van der Waals surface area contributed by atoms with E-state index in [0.717, 1.165) is 23.5 Å². The van der Waals surface area contributed by atoms with Crippen LogP contribution in [0.5, 0.6) is 17.2 Å². The van der Waals surface area contributed by atoms with Crippen molar-refractivity contribution >= 4 is 0 Å². The van der Waals surface area contributed by atoms with Crippen LogP contribution in [0.3, 0.4) is 0 Å². The maximum Gasteiger partial charge on any atom is 0.164 e. The molecule has 0 fully saturated rings. The molecule has 5 heteroatoms. The summed E-state index contributed by atoms with van der Waals surface area (Å²) >= 11 is 0. The molecule has 1 N–H and O–H groups in total. The molecular formula is C18H20FNO3. The van der Waals surface area contributed by atoms with Crippen molar-refractivity contribution in [3.05, 3.63) is 53.3 Å². The second kappa shape index (κ2) is 6.87. The average molecular weight is 317 g/mol. The predicted octanol–water partition coefficient (Wildman–Crippen LogP) is 2.94. The van der Waals surface area contributed by atoms with Crippen molar-refractivity contribution in [2.45, 2.75) is 19.0 Å². The zero-order chi connectivity index (χ0) is 16.2. The standard InChI is InChI=1S/C18H20FNO3/c1-21-15-7-6-13(16(19)9-15)10-20-14-8-12-4-3-5-17(22-2)18(12)23-11-14/h3-7,9,14,20H,8,10-11H2,1-2H3/t14-/m0/s1. The van der Waals surface area contributed by atoms with E-state index in [9.17, 15) is 4.39 Å². The maximum atomic E-state index is 14.0. The van der Waals surface area contributed by atoms with Gasteiger partial charge in [-0.05, 0) is 24.1 Å². The van der Waals surface area contributed by atoms with Gasteiger partial charge >= 0.3 is 0 Å². The molecule has 0 spiro atoms. The van der Waals surface area contributed by atoms with Crippen molar-refractivity contribution in [3.63, 3.8) is 0 Å². The third-order valence-corrected chi connectivity index (χ3v) is 4.02. The molecule has 3 rings (SSSR count). The largest absolute Gasteiger partial charge is 0.497 e. The predicted molar refractivity (Wildman–Crippen MR) is 85.8 cm³/mol. The molecule has 1 heterocycles. The van der Waals surface area contributed by atoms with Gasteiger partial charge in [-0.25, -0.2) is 4.39 Å². The number of ether oxygens (including phenoxy) is 3. The van der Waals surface area contributed by atoms with Crippen molar-refractivity contribution in [2.75, 3.05) is 20.8 Å². The molecule has 1 aliphatic rings. The summed E-state index contributed by atoms with van der Waals surface area (Å²) in [6.07, 6.45) is 0.824. The van der Waals surface area contributed by atoms with Gasteiger partial charge in [-0.15, -0.1) is 0 Å². The fraction of sp³-hybridized carbons (Fsp3) is 0.333. The van der Waals surface area contributed by atoms with Gasteiger partial charge in [-0.1, -0.05) is 18.2 Å². The second-order valence-corrected chi connectivity index (χ2v) is 5.50. The molecule has 4 nitrogen and oxygen atoms in total. The van der Waals surface area contributed by atoms with Crippen LogP contribution in [0.15, 0.2) is 36.4 Å². The van der Waals surface area contributed by atoms with Crippen LogP contribution >= 0.6 is 0 Å². The summed E-state index contributed by atoms with van der Waals surface area (Å²) < 4.78 is 30.1. The van der Waals surface area contributed by atoms with E-state index in [4.69, 9.17) is 14.2 Å². The lowest BCUT2D eigenvalue weighted by atomic mass is 10.0. The zero-order valence-electron chi connectivity index (χ0n) is 13.3. The number of para-hydroxylation sites is 1. The Kier molecular flexibility index (Phi) is 4.67. The fourth-order valence-electron chi connectivity index (χ4n) is 2.74. The van der Waals surface area contributed by atoms with Crippen molar-refractivity contribution < 1.29 is 18.6 Å². The Labute approximate surface area is 135 Å². The summed E-state index contributed by atoms with van der Waals surface area (Å²) in [5.41, 5.74) is 1.71. The highest BCUT2D eigenvalue weighted by Gasteiger charge is 2.22. The van der Waals surface area contributed by atoms with Crippen LogP contribution < -0.4 is 19.5 Å². The SMILES string of the molecule is COc1ccc(CN[C@@H]2COc3c(cccc3OC)C2)c(F)c1. The van der Waals surface area contributed by atoms with E-state index in [1.165, 1.54) is 13.2 Å². The Bertz CT molecular complexity index is 690.